The van der Waals surface area contributed by atoms with Gasteiger partial charge >= 0.3 is 12.4 Å². The summed E-state index contributed by atoms with van der Waals surface area (Å²) in [6.45, 7) is 0.977. The highest BCUT2D eigenvalue weighted by atomic mass is 19.4. The fraction of sp³-hybridized carbons (Fsp3) is 0.452. The monoisotopic (exact) mass is 626 g/mol. The molecule has 7 nitrogen and oxygen atoms in total. The maximum Gasteiger partial charge on any atom is 0.416 e. The molecule has 44 heavy (non-hydrogen) atoms. The Kier molecular flexibility index (Phi) is 10.8. The number of aryl methyl sites for hydroxylation is 1. The van der Waals surface area contributed by atoms with Crippen LogP contribution in [0.1, 0.15) is 94.3 Å². The van der Waals surface area contributed by atoms with Crippen molar-refractivity contribution in [1.29, 1.82) is 0 Å². The normalized spacial score (nSPS) is 18.2. The summed E-state index contributed by atoms with van der Waals surface area (Å²) in [5, 5.41) is 2.79. The molecule has 2 amide bonds. The Labute approximate surface area is 249 Å². The number of ether oxygens (including phenoxy) is 1. The van der Waals surface area contributed by atoms with E-state index in [2.05, 4.69) is 10.8 Å². The van der Waals surface area contributed by atoms with Crippen LogP contribution in [0.2, 0.25) is 0 Å². The zero-order valence-electron chi connectivity index (χ0n) is 23.7. The summed E-state index contributed by atoms with van der Waals surface area (Å²) in [5.41, 5.74) is 0.291. The topological polar surface area (TPSA) is 93.7 Å². The van der Waals surface area contributed by atoms with Gasteiger partial charge in [0.05, 0.1) is 11.1 Å². The quantitative estimate of drug-likeness (QED) is 0.131. The average molecular weight is 627 g/mol. The maximum absolute atomic E-state index is 13.2. The molecule has 4 rings (SSSR count). The number of alkyl halides is 6. The first-order chi connectivity index (χ1) is 20.8. The van der Waals surface area contributed by atoms with Crippen molar-refractivity contribution >= 4 is 23.7 Å². The molecular weight excluding hydrogens is 594 g/mol. The summed E-state index contributed by atoms with van der Waals surface area (Å²) >= 11 is 0. The van der Waals surface area contributed by atoms with Crippen molar-refractivity contribution in [1.82, 2.24) is 10.8 Å². The molecule has 1 aliphatic carbocycles. The van der Waals surface area contributed by atoms with Crippen LogP contribution in [0.4, 0.5) is 26.3 Å². The molecule has 2 aliphatic rings. The highest BCUT2D eigenvalue weighted by Gasteiger charge is 2.37. The van der Waals surface area contributed by atoms with E-state index in [1.54, 1.807) is 6.07 Å². The zero-order valence-corrected chi connectivity index (χ0v) is 23.7. The van der Waals surface area contributed by atoms with Crippen molar-refractivity contribution in [3.05, 3.63) is 75.4 Å². The first kappa shape index (κ1) is 33.2. The molecule has 1 unspecified atom stereocenters. The number of Topliss-reactive ketones (excluding diaryl/α,β-unsaturated/α-hetero) is 1. The van der Waals surface area contributed by atoms with E-state index in [-0.39, 0.29) is 53.8 Å². The molecule has 1 saturated heterocycles. The van der Waals surface area contributed by atoms with E-state index in [1.807, 2.05) is 0 Å². The largest absolute Gasteiger partial charge is 0.416 e. The summed E-state index contributed by atoms with van der Waals surface area (Å²) in [7, 11) is 0. The lowest BCUT2D eigenvalue weighted by atomic mass is 9.85. The molecule has 1 atom stereocenters. The van der Waals surface area contributed by atoms with Gasteiger partial charge in [-0.05, 0) is 92.1 Å². The molecule has 1 fully saturated rings. The Morgan fingerprint density at radius 1 is 0.932 bits per heavy atom. The van der Waals surface area contributed by atoms with Crippen molar-refractivity contribution < 1.29 is 50.3 Å². The van der Waals surface area contributed by atoms with E-state index in [0.29, 0.717) is 55.7 Å². The molecule has 1 heterocycles. The third-order valence-corrected chi connectivity index (χ3v) is 7.33. The van der Waals surface area contributed by atoms with Crippen LogP contribution >= 0.6 is 0 Å². The molecule has 0 aromatic heterocycles. The number of halogens is 6. The van der Waals surface area contributed by atoms with Crippen molar-refractivity contribution in [2.45, 2.75) is 76.4 Å². The van der Waals surface area contributed by atoms with Gasteiger partial charge in [0, 0.05) is 42.7 Å². The van der Waals surface area contributed by atoms with Crippen LogP contribution in [0.25, 0.3) is 6.08 Å². The van der Waals surface area contributed by atoms with Crippen LogP contribution in [0.5, 0.6) is 0 Å². The number of benzene rings is 2. The number of ketones is 1. The first-order valence-electron chi connectivity index (χ1n) is 14.3. The predicted molar refractivity (Wildman–Crippen MR) is 147 cm³/mol. The zero-order chi connectivity index (χ0) is 31.9. The van der Waals surface area contributed by atoms with Crippen LogP contribution in [-0.2, 0) is 33.1 Å². The molecule has 1 aliphatic heterocycles. The molecule has 2 aromatic carbocycles. The third kappa shape index (κ3) is 9.15. The number of carbonyl (C=O) groups excluding carboxylic acids is 3. The first-order valence-corrected chi connectivity index (χ1v) is 14.3. The lowest BCUT2D eigenvalue weighted by Crippen LogP contribution is -2.33. The van der Waals surface area contributed by atoms with Crippen molar-refractivity contribution in [2.75, 3.05) is 13.2 Å². The standard InChI is InChI=1S/C31H32F6N2O5/c32-30(33,34)23-15-19(16-24(18-23)31(35,36)37)14-21-9-8-20-17-22(10-11-25(20)28(21)41)29(42)38-12-4-1-2-6-26(40)39-44-27-7-3-5-13-43-27/h10-11,14-18,27H,1-9,12-13H2,(H,38,42)(H,39,40)/b21-14+. The molecule has 2 N–H and O–H groups in total. The second-order valence-corrected chi connectivity index (χ2v) is 10.7. The molecular formula is C31H32F6N2O5. The molecule has 13 heteroatoms. The summed E-state index contributed by atoms with van der Waals surface area (Å²) in [6, 6.07) is 5.64. The number of hydrogen-bond donors (Lipinski definition) is 2. The van der Waals surface area contributed by atoms with E-state index < -0.39 is 35.6 Å². The Bertz CT molecular complexity index is 1360. The second-order valence-electron chi connectivity index (χ2n) is 10.7. The van der Waals surface area contributed by atoms with Gasteiger partial charge in [-0.15, -0.1) is 0 Å². The van der Waals surface area contributed by atoms with Crippen LogP contribution < -0.4 is 10.8 Å². The van der Waals surface area contributed by atoms with Gasteiger partial charge in [-0.2, -0.15) is 26.3 Å². The summed E-state index contributed by atoms with van der Waals surface area (Å²) in [5.74, 6) is -1.13. The van der Waals surface area contributed by atoms with Crippen molar-refractivity contribution in [3.8, 4) is 0 Å². The summed E-state index contributed by atoms with van der Waals surface area (Å²) in [6.07, 6.45) is -4.10. The molecule has 0 radical (unpaired) electrons. The average Bonchev–Trinajstić information content (AvgIpc) is 2.98. The number of nitrogens with one attached hydrogen (secondary N) is 2. The molecule has 2 aromatic rings. The minimum absolute atomic E-state index is 0.0378. The van der Waals surface area contributed by atoms with E-state index in [4.69, 9.17) is 9.57 Å². The van der Waals surface area contributed by atoms with Gasteiger partial charge in [0.15, 0.2) is 12.1 Å². The van der Waals surface area contributed by atoms with Crippen LogP contribution in [0.15, 0.2) is 42.0 Å². The van der Waals surface area contributed by atoms with Gasteiger partial charge in [0.1, 0.15) is 0 Å². The van der Waals surface area contributed by atoms with E-state index in [0.717, 1.165) is 25.3 Å². The number of carbonyl (C=O) groups is 3. The fourth-order valence-corrected chi connectivity index (χ4v) is 5.00. The number of allylic oxidation sites excluding steroid dienone is 1. The van der Waals surface area contributed by atoms with Crippen LogP contribution in [0, 0.1) is 0 Å². The minimum Gasteiger partial charge on any atom is -0.352 e. The highest BCUT2D eigenvalue weighted by molar-refractivity contribution is 6.13. The number of hydrogen-bond acceptors (Lipinski definition) is 5. The van der Waals surface area contributed by atoms with Gasteiger partial charge < -0.3 is 10.1 Å². The number of rotatable bonds is 10. The number of unbranched alkanes of at least 4 members (excludes halogenated alkanes) is 2. The van der Waals surface area contributed by atoms with E-state index in [9.17, 15) is 40.7 Å². The van der Waals surface area contributed by atoms with Crippen molar-refractivity contribution in [3.63, 3.8) is 0 Å². The fourth-order valence-electron chi connectivity index (χ4n) is 5.00. The van der Waals surface area contributed by atoms with E-state index in [1.165, 1.54) is 12.1 Å². The Hall–Kier alpha value is -3.71. The summed E-state index contributed by atoms with van der Waals surface area (Å²) < 4.78 is 84.7. The van der Waals surface area contributed by atoms with Crippen LogP contribution in [-0.4, -0.2) is 37.0 Å². The second kappa shape index (κ2) is 14.4. The molecule has 238 valence electrons. The Balaban J connectivity index is 1.28. The summed E-state index contributed by atoms with van der Waals surface area (Å²) in [4.78, 5) is 42.8. The molecule has 0 spiro atoms. The SMILES string of the molecule is O=C(CCCCCNC(=O)c1ccc2c(c1)CC/C(=C\c1cc(C(F)(F)F)cc(C(F)(F)F)c1)C2=O)NOC1CCCCO1. The van der Waals surface area contributed by atoms with Crippen LogP contribution in [0.3, 0.4) is 0 Å². The number of amides is 2. The third-order valence-electron chi connectivity index (χ3n) is 7.33. The van der Waals surface area contributed by atoms with Crippen molar-refractivity contribution in [2.24, 2.45) is 0 Å². The van der Waals surface area contributed by atoms with E-state index >= 15 is 0 Å². The lowest BCUT2D eigenvalue weighted by Gasteiger charge is -2.22. The Morgan fingerprint density at radius 3 is 2.32 bits per heavy atom. The maximum atomic E-state index is 13.2. The molecule has 0 bridgehead atoms. The van der Waals surface area contributed by atoms with Gasteiger partial charge in [-0.1, -0.05) is 6.42 Å². The highest BCUT2D eigenvalue weighted by Crippen LogP contribution is 2.37. The minimum atomic E-state index is -5.00. The lowest BCUT2D eigenvalue weighted by molar-refractivity contribution is -0.200. The smallest absolute Gasteiger partial charge is 0.352 e. The van der Waals surface area contributed by atoms with Gasteiger partial charge in [0.2, 0.25) is 5.91 Å². The van der Waals surface area contributed by atoms with Gasteiger partial charge in [0.25, 0.3) is 5.91 Å². The number of hydroxylamine groups is 1. The van der Waals surface area contributed by atoms with Gasteiger partial charge in [-0.3, -0.25) is 14.4 Å². The Morgan fingerprint density at radius 2 is 1.66 bits per heavy atom. The van der Waals surface area contributed by atoms with Gasteiger partial charge in [-0.25, -0.2) is 10.3 Å². The predicted octanol–water partition coefficient (Wildman–Crippen LogP) is 6.80. The molecule has 0 saturated carbocycles. The number of fused-ring (bicyclic) bond motifs is 1.